The Balaban J connectivity index is 2.49. The minimum atomic E-state index is -3.96. The molecule has 1 N–H and O–H groups in total. The van der Waals surface area contributed by atoms with Crippen LogP contribution in [0.15, 0.2) is 29.2 Å². The molecule has 1 fully saturated rings. The summed E-state index contributed by atoms with van der Waals surface area (Å²) in [4.78, 5) is 25.2. The molecule has 1 aromatic carbocycles. The Kier molecular flexibility index (Phi) is 5.25. The van der Waals surface area contributed by atoms with Crippen LogP contribution in [0.5, 0.6) is 0 Å². The maximum atomic E-state index is 13.2. The fourth-order valence-electron chi connectivity index (χ4n) is 3.05. The molecule has 1 atom stereocenters. The molecule has 6 nitrogen and oxygen atoms in total. The first kappa shape index (κ1) is 18.7. The van der Waals surface area contributed by atoms with Crippen LogP contribution in [0.3, 0.4) is 0 Å². The molecule has 8 heteroatoms. The number of hydrogen-bond donors (Lipinski definition) is 1. The highest BCUT2D eigenvalue weighted by molar-refractivity contribution is 7.93. The number of carboxylic acids is 1. The Bertz CT molecular complexity index is 738. The van der Waals surface area contributed by atoms with E-state index < -0.39 is 32.5 Å². The predicted molar refractivity (Wildman–Crippen MR) is 89.7 cm³/mol. The van der Waals surface area contributed by atoms with Crippen LogP contribution in [0, 0.1) is 0 Å². The van der Waals surface area contributed by atoms with Crippen molar-refractivity contribution in [2.45, 2.75) is 48.3 Å². The first-order valence-corrected chi connectivity index (χ1v) is 9.50. The van der Waals surface area contributed by atoms with Crippen LogP contribution >= 0.6 is 11.6 Å². The molecule has 0 saturated heterocycles. The molecule has 0 radical (unpaired) electrons. The van der Waals surface area contributed by atoms with Gasteiger partial charge in [0.15, 0.2) is 14.6 Å². The van der Waals surface area contributed by atoms with Crippen LogP contribution in [0.2, 0.25) is 5.02 Å². The van der Waals surface area contributed by atoms with E-state index in [9.17, 15) is 18.0 Å². The van der Waals surface area contributed by atoms with Crippen molar-refractivity contribution in [3.63, 3.8) is 0 Å². The molecule has 1 aromatic rings. The topological polar surface area (TPSA) is 91.8 Å². The molecule has 132 valence electrons. The lowest BCUT2D eigenvalue weighted by Gasteiger charge is -2.33. The summed E-state index contributed by atoms with van der Waals surface area (Å²) in [7, 11) is -2.63. The number of hydrogen-bond acceptors (Lipinski definition) is 4. The summed E-state index contributed by atoms with van der Waals surface area (Å²) < 4.78 is 24.7. The van der Waals surface area contributed by atoms with E-state index in [1.807, 2.05) is 0 Å². The number of carbonyl (C=O) groups excluding carboxylic acids is 1. The molecule has 2 rings (SSSR count). The predicted octanol–water partition coefficient (Wildman–Crippen LogP) is 2.36. The molecule has 0 aromatic heterocycles. The number of halogens is 1. The van der Waals surface area contributed by atoms with Crippen LogP contribution in [0.4, 0.5) is 0 Å². The number of sulfone groups is 1. The van der Waals surface area contributed by atoms with Crippen molar-refractivity contribution in [3.05, 3.63) is 29.3 Å². The fourth-order valence-corrected chi connectivity index (χ4v) is 5.32. The third-order valence-corrected chi connectivity index (χ3v) is 7.45. The van der Waals surface area contributed by atoms with Gasteiger partial charge in [-0.1, -0.05) is 24.4 Å². The molecule has 1 saturated carbocycles. The highest BCUT2D eigenvalue weighted by Crippen LogP contribution is 2.42. The highest BCUT2D eigenvalue weighted by Gasteiger charge is 2.54. The Morgan fingerprint density at radius 3 is 2.17 bits per heavy atom. The van der Waals surface area contributed by atoms with E-state index >= 15 is 0 Å². The summed E-state index contributed by atoms with van der Waals surface area (Å²) >= 11 is 5.81. The van der Waals surface area contributed by atoms with Gasteiger partial charge in [-0.15, -0.1) is 0 Å². The molecule has 0 bridgehead atoms. The third-order valence-electron chi connectivity index (χ3n) is 4.70. The molecule has 1 aliphatic rings. The van der Waals surface area contributed by atoms with E-state index in [1.165, 1.54) is 38.2 Å². The van der Waals surface area contributed by atoms with Gasteiger partial charge in [0.25, 0.3) is 0 Å². The monoisotopic (exact) mass is 373 g/mol. The fraction of sp³-hybridized carbons (Fsp3) is 0.500. The molecule has 0 aliphatic heterocycles. The van der Waals surface area contributed by atoms with E-state index in [2.05, 4.69) is 0 Å². The van der Waals surface area contributed by atoms with E-state index in [0.717, 1.165) is 4.90 Å². The molecule has 1 aliphatic carbocycles. The molecule has 1 unspecified atom stereocenters. The third kappa shape index (κ3) is 3.02. The van der Waals surface area contributed by atoms with Gasteiger partial charge in [-0.3, -0.25) is 4.79 Å². The first-order valence-electron chi connectivity index (χ1n) is 7.64. The minimum Gasteiger partial charge on any atom is -0.480 e. The number of carbonyl (C=O) groups is 2. The number of amides is 1. The van der Waals surface area contributed by atoms with Crippen molar-refractivity contribution in [2.24, 2.45) is 0 Å². The maximum absolute atomic E-state index is 13.2. The minimum absolute atomic E-state index is 0.0264. The van der Waals surface area contributed by atoms with Crippen LogP contribution < -0.4 is 0 Å². The average molecular weight is 374 g/mol. The van der Waals surface area contributed by atoms with Gasteiger partial charge in [-0.25, -0.2) is 13.2 Å². The van der Waals surface area contributed by atoms with Crippen molar-refractivity contribution in [3.8, 4) is 0 Å². The Morgan fingerprint density at radius 1 is 1.21 bits per heavy atom. The largest absolute Gasteiger partial charge is 0.480 e. The molecule has 0 heterocycles. The van der Waals surface area contributed by atoms with Gasteiger partial charge < -0.3 is 10.0 Å². The molecule has 1 amide bonds. The van der Waals surface area contributed by atoms with Crippen LogP contribution in [0.1, 0.15) is 32.6 Å². The number of nitrogens with zero attached hydrogens (tertiary/aromatic N) is 1. The van der Waals surface area contributed by atoms with Gasteiger partial charge in [0, 0.05) is 12.1 Å². The van der Waals surface area contributed by atoms with Crippen molar-refractivity contribution in [1.29, 1.82) is 0 Å². The number of likely N-dealkylation sites (N-methyl/N-ethyl adjacent to an activating group) is 1. The van der Waals surface area contributed by atoms with Gasteiger partial charge in [0.2, 0.25) is 5.91 Å². The standard InChI is InChI=1S/C16H20ClNO5S/c1-11(14(19)20)18(2)15(21)16(9-3-4-10-16)24(22,23)13-7-5-12(17)6-8-13/h5-8,11H,3-4,9-10H2,1-2H3,(H,19,20). The number of carboxylic acid groups (broad SMARTS) is 1. The van der Waals surface area contributed by atoms with Gasteiger partial charge in [0.05, 0.1) is 4.90 Å². The zero-order chi connectivity index (χ0) is 18.1. The maximum Gasteiger partial charge on any atom is 0.326 e. The van der Waals surface area contributed by atoms with Crippen LogP contribution in [-0.2, 0) is 19.4 Å². The van der Waals surface area contributed by atoms with Crippen molar-refractivity contribution in [2.75, 3.05) is 7.05 Å². The number of benzene rings is 1. The summed E-state index contributed by atoms with van der Waals surface area (Å²) in [6.07, 6.45) is 1.59. The Morgan fingerprint density at radius 2 is 1.71 bits per heavy atom. The highest BCUT2D eigenvalue weighted by atomic mass is 35.5. The summed E-state index contributed by atoms with van der Waals surface area (Å²) in [5.41, 5.74) is 0. The van der Waals surface area contributed by atoms with Gasteiger partial charge in [-0.2, -0.15) is 0 Å². The molecule has 0 spiro atoms. The van der Waals surface area contributed by atoms with Gasteiger partial charge >= 0.3 is 5.97 Å². The van der Waals surface area contributed by atoms with Crippen molar-refractivity contribution in [1.82, 2.24) is 4.90 Å². The average Bonchev–Trinajstić information content (AvgIpc) is 3.04. The van der Waals surface area contributed by atoms with E-state index in [-0.39, 0.29) is 17.7 Å². The molecular formula is C16H20ClNO5S. The van der Waals surface area contributed by atoms with E-state index in [0.29, 0.717) is 17.9 Å². The zero-order valence-corrected chi connectivity index (χ0v) is 15.1. The lowest BCUT2D eigenvalue weighted by Crippen LogP contribution is -2.54. The Hall–Kier alpha value is -1.60. The van der Waals surface area contributed by atoms with Crippen molar-refractivity contribution < 1.29 is 23.1 Å². The van der Waals surface area contributed by atoms with Crippen LogP contribution in [0.25, 0.3) is 0 Å². The van der Waals surface area contributed by atoms with Gasteiger partial charge in [0.1, 0.15) is 6.04 Å². The zero-order valence-electron chi connectivity index (χ0n) is 13.5. The van der Waals surface area contributed by atoms with E-state index in [4.69, 9.17) is 16.7 Å². The second kappa shape index (κ2) is 6.72. The number of aliphatic carboxylic acids is 1. The summed E-state index contributed by atoms with van der Waals surface area (Å²) in [5.74, 6) is -1.84. The SMILES string of the molecule is CC(C(=O)O)N(C)C(=O)C1(S(=O)(=O)c2ccc(Cl)cc2)CCCC1. The smallest absolute Gasteiger partial charge is 0.326 e. The molecule has 24 heavy (non-hydrogen) atoms. The second-order valence-corrected chi connectivity index (χ2v) is 8.79. The summed E-state index contributed by atoms with van der Waals surface area (Å²) in [6.45, 7) is 1.36. The second-order valence-electron chi connectivity index (χ2n) is 6.09. The summed E-state index contributed by atoms with van der Waals surface area (Å²) in [6, 6.07) is 4.59. The Labute approximate surface area is 146 Å². The van der Waals surface area contributed by atoms with E-state index in [1.54, 1.807) is 0 Å². The lowest BCUT2D eigenvalue weighted by molar-refractivity contribution is -0.149. The van der Waals surface area contributed by atoms with Crippen molar-refractivity contribution >= 4 is 33.3 Å². The lowest BCUT2D eigenvalue weighted by atomic mass is 10.0. The quantitative estimate of drug-likeness (QED) is 0.855. The van der Waals surface area contributed by atoms with Gasteiger partial charge in [-0.05, 0) is 44.0 Å². The summed E-state index contributed by atoms with van der Waals surface area (Å²) in [5, 5.41) is 9.52. The molecular weight excluding hydrogens is 354 g/mol. The first-order chi connectivity index (χ1) is 11.1. The normalized spacial score (nSPS) is 18.1. The number of rotatable bonds is 5. The van der Waals surface area contributed by atoms with Crippen LogP contribution in [-0.4, -0.2) is 48.1 Å².